The summed E-state index contributed by atoms with van der Waals surface area (Å²) in [5.74, 6) is 0.265. The SMILES string of the molecule is CN(C)C(=O)c1ccc(C2CCN(C(=O)OC(C)(C)C)CC2)nc1. The molecule has 0 aliphatic carbocycles. The molecule has 1 saturated heterocycles. The van der Waals surface area contributed by atoms with E-state index in [-0.39, 0.29) is 12.0 Å². The molecule has 24 heavy (non-hydrogen) atoms. The van der Waals surface area contributed by atoms with Crippen LogP contribution < -0.4 is 0 Å². The Morgan fingerprint density at radius 2 is 1.83 bits per heavy atom. The van der Waals surface area contributed by atoms with Crippen molar-refractivity contribution in [2.75, 3.05) is 27.2 Å². The largest absolute Gasteiger partial charge is 0.444 e. The number of carbonyl (C=O) groups excluding carboxylic acids is 2. The Hall–Kier alpha value is -2.11. The Morgan fingerprint density at radius 3 is 2.29 bits per heavy atom. The lowest BCUT2D eigenvalue weighted by Crippen LogP contribution is -2.41. The van der Waals surface area contributed by atoms with Crippen molar-refractivity contribution in [2.24, 2.45) is 0 Å². The van der Waals surface area contributed by atoms with E-state index in [0.29, 0.717) is 24.6 Å². The molecule has 2 amide bonds. The lowest BCUT2D eigenvalue weighted by Gasteiger charge is -2.33. The molecule has 0 bridgehead atoms. The van der Waals surface area contributed by atoms with Crippen molar-refractivity contribution in [2.45, 2.75) is 45.1 Å². The number of pyridine rings is 1. The van der Waals surface area contributed by atoms with Crippen molar-refractivity contribution in [1.29, 1.82) is 0 Å². The van der Waals surface area contributed by atoms with E-state index in [1.807, 2.05) is 32.9 Å². The van der Waals surface area contributed by atoms with Crippen LogP contribution in [0.3, 0.4) is 0 Å². The lowest BCUT2D eigenvalue weighted by molar-refractivity contribution is 0.0204. The molecular weight excluding hydrogens is 306 g/mol. The third-order valence-corrected chi connectivity index (χ3v) is 4.00. The molecule has 2 rings (SSSR count). The van der Waals surface area contributed by atoms with Crippen molar-refractivity contribution >= 4 is 12.0 Å². The maximum Gasteiger partial charge on any atom is 0.410 e. The molecule has 0 atom stereocenters. The predicted octanol–water partition coefficient (Wildman–Crippen LogP) is 2.90. The summed E-state index contributed by atoms with van der Waals surface area (Å²) in [5.41, 5.74) is 1.11. The number of hydrogen-bond donors (Lipinski definition) is 0. The van der Waals surface area contributed by atoms with E-state index in [1.54, 1.807) is 25.2 Å². The zero-order valence-corrected chi connectivity index (χ0v) is 15.2. The van der Waals surface area contributed by atoms with E-state index in [2.05, 4.69) is 4.98 Å². The summed E-state index contributed by atoms with van der Waals surface area (Å²) >= 11 is 0. The fraction of sp³-hybridized carbons (Fsp3) is 0.611. The first-order valence-electron chi connectivity index (χ1n) is 8.33. The Labute approximate surface area is 143 Å². The monoisotopic (exact) mass is 333 g/mol. The highest BCUT2D eigenvalue weighted by molar-refractivity contribution is 5.93. The molecule has 0 spiro atoms. The van der Waals surface area contributed by atoms with Gasteiger partial charge < -0.3 is 14.5 Å². The number of aromatic nitrogens is 1. The van der Waals surface area contributed by atoms with Gasteiger partial charge in [-0.25, -0.2) is 4.79 Å². The number of ether oxygens (including phenoxy) is 1. The summed E-state index contributed by atoms with van der Waals surface area (Å²) in [7, 11) is 3.45. The standard InChI is InChI=1S/C18H27N3O3/c1-18(2,3)24-17(23)21-10-8-13(9-11-21)15-7-6-14(12-19-15)16(22)20(4)5/h6-7,12-13H,8-11H2,1-5H3. The number of rotatable bonds is 2. The predicted molar refractivity (Wildman–Crippen MR) is 92.0 cm³/mol. The number of nitrogens with zero attached hydrogens (tertiary/aromatic N) is 3. The molecule has 1 aromatic rings. The molecule has 6 heteroatoms. The number of carbonyl (C=O) groups is 2. The van der Waals surface area contributed by atoms with Crippen LogP contribution in [0.2, 0.25) is 0 Å². The molecule has 1 aliphatic rings. The van der Waals surface area contributed by atoms with Gasteiger partial charge in [-0.2, -0.15) is 0 Å². The van der Waals surface area contributed by atoms with Crippen LogP contribution in [-0.4, -0.2) is 59.6 Å². The first-order valence-corrected chi connectivity index (χ1v) is 8.33. The van der Waals surface area contributed by atoms with Crippen LogP contribution in [0, 0.1) is 0 Å². The van der Waals surface area contributed by atoms with Gasteiger partial charge in [-0.05, 0) is 45.7 Å². The van der Waals surface area contributed by atoms with E-state index in [1.165, 1.54) is 4.90 Å². The lowest BCUT2D eigenvalue weighted by atomic mass is 9.93. The molecule has 0 N–H and O–H groups in total. The molecule has 0 unspecified atom stereocenters. The zero-order valence-electron chi connectivity index (χ0n) is 15.2. The third-order valence-electron chi connectivity index (χ3n) is 4.00. The summed E-state index contributed by atoms with van der Waals surface area (Å²) < 4.78 is 5.41. The molecule has 0 saturated carbocycles. The van der Waals surface area contributed by atoms with Crippen LogP contribution in [0.1, 0.15) is 55.6 Å². The molecule has 6 nitrogen and oxygen atoms in total. The molecule has 1 aromatic heterocycles. The smallest absolute Gasteiger partial charge is 0.410 e. The number of likely N-dealkylation sites (tertiary alicyclic amines) is 1. The highest BCUT2D eigenvalue weighted by Crippen LogP contribution is 2.27. The Balaban J connectivity index is 1.93. The normalized spacial score (nSPS) is 16.0. The number of amides is 2. The molecular formula is C18H27N3O3. The van der Waals surface area contributed by atoms with Gasteiger partial charge in [0, 0.05) is 45.0 Å². The van der Waals surface area contributed by atoms with Crippen LogP contribution >= 0.6 is 0 Å². The Kier molecular flexibility index (Phi) is 5.47. The van der Waals surface area contributed by atoms with Crippen molar-refractivity contribution < 1.29 is 14.3 Å². The van der Waals surface area contributed by atoms with Gasteiger partial charge in [0.05, 0.1) is 5.56 Å². The maximum absolute atomic E-state index is 12.1. The molecule has 0 aromatic carbocycles. The van der Waals surface area contributed by atoms with Gasteiger partial charge in [0.1, 0.15) is 5.60 Å². The van der Waals surface area contributed by atoms with Crippen molar-refractivity contribution in [1.82, 2.24) is 14.8 Å². The maximum atomic E-state index is 12.1. The van der Waals surface area contributed by atoms with Crippen LogP contribution in [-0.2, 0) is 4.74 Å². The van der Waals surface area contributed by atoms with Crippen LogP contribution in [0.25, 0.3) is 0 Å². The van der Waals surface area contributed by atoms with E-state index >= 15 is 0 Å². The average Bonchev–Trinajstić information content (AvgIpc) is 2.53. The molecule has 0 radical (unpaired) electrons. The van der Waals surface area contributed by atoms with E-state index < -0.39 is 5.60 Å². The summed E-state index contributed by atoms with van der Waals surface area (Å²) in [6.45, 7) is 6.95. The van der Waals surface area contributed by atoms with Gasteiger partial charge in [-0.3, -0.25) is 9.78 Å². The summed E-state index contributed by atoms with van der Waals surface area (Å²) in [6, 6.07) is 3.75. The van der Waals surface area contributed by atoms with Crippen molar-refractivity contribution in [3.05, 3.63) is 29.6 Å². The first kappa shape index (κ1) is 18.2. The second kappa shape index (κ2) is 7.20. The molecule has 132 valence electrons. The van der Waals surface area contributed by atoms with Gasteiger partial charge in [-0.15, -0.1) is 0 Å². The van der Waals surface area contributed by atoms with Gasteiger partial charge in [0.2, 0.25) is 0 Å². The van der Waals surface area contributed by atoms with Crippen molar-refractivity contribution in [3.8, 4) is 0 Å². The highest BCUT2D eigenvalue weighted by Gasteiger charge is 2.28. The fourth-order valence-corrected chi connectivity index (χ4v) is 2.72. The fourth-order valence-electron chi connectivity index (χ4n) is 2.72. The van der Waals surface area contributed by atoms with Crippen LogP contribution in [0.5, 0.6) is 0 Å². The molecule has 1 aliphatic heterocycles. The highest BCUT2D eigenvalue weighted by atomic mass is 16.6. The van der Waals surface area contributed by atoms with Gasteiger partial charge >= 0.3 is 6.09 Å². The second-order valence-corrected chi connectivity index (χ2v) is 7.41. The molecule has 1 fully saturated rings. The zero-order chi connectivity index (χ0) is 17.9. The minimum atomic E-state index is -0.468. The van der Waals surface area contributed by atoms with E-state index in [9.17, 15) is 9.59 Å². The Morgan fingerprint density at radius 1 is 1.21 bits per heavy atom. The number of hydrogen-bond acceptors (Lipinski definition) is 4. The number of piperidine rings is 1. The minimum absolute atomic E-state index is 0.0474. The van der Waals surface area contributed by atoms with E-state index in [0.717, 1.165) is 18.5 Å². The van der Waals surface area contributed by atoms with Crippen LogP contribution in [0.15, 0.2) is 18.3 Å². The average molecular weight is 333 g/mol. The van der Waals surface area contributed by atoms with Gasteiger partial charge in [-0.1, -0.05) is 0 Å². The summed E-state index contributed by atoms with van der Waals surface area (Å²) in [5, 5.41) is 0. The Bertz CT molecular complexity index is 583. The second-order valence-electron chi connectivity index (χ2n) is 7.41. The van der Waals surface area contributed by atoms with Gasteiger partial charge in [0.15, 0.2) is 0 Å². The topological polar surface area (TPSA) is 62.7 Å². The quantitative estimate of drug-likeness (QED) is 0.835. The van der Waals surface area contributed by atoms with E-state index in [4.69, 9.17) is 4.74 Å². The first-order chi connectivity index (χ1) is 11.2. The molecule has 2 heterocycles. The van der Waals surface area contributed by atoms with Crippen molar-refractivity contribution in [3.63, 3.8) is 0 Å². The third kappa shape index (κ3) is 4.69. The van der Waals surface area contributed by atoms with Gasteiger partial charge in [0.25, 0.3) is 5.91 Å². The van der Waals surface area contributed by atoms with Crippen LogP contribution in [0.4, 0.5) is 4.79 Å². The minimum Gasteiger partial charge on any atom is -0.444 e. The summed E-state index contributed by atoms with van der Waals surface area (Å²) in [4.78, 5) is 31.7. The summed E-state index contributed by atoms with van der Waals surface area (Å²) in [6.07, 6.45) is 3.10.